The van der Waals surface area contributed by atoms with E-state index in [1.807, 2.05) is 6.92 Å². The van der Waals surface area contributed by atoms with E-state index in [1.165, 1.54) is 11.1 Å². The number of hydrogen-bond acceptors (Lipinski definition) is 3. The van der Waals surface area contributed by atoms with Gasteiger partial charge in [0, 0.05) is 40.9 Å². The topological polar surface area (TPSA) is 56.7 Å². The number of hydrogen-bond donors (Lipinski definition) is 2. The van der Waals surface area contributed by atoms with Gasteiger partial charge in [-0.15, -0.1) is 24.0 Å². The van der Waals surface area contributed by atoms with E-state index in [0.717, 1.165) is 50.5 Å². The lowest BCUT2D eigenvalue weighted by atomic mass is 9.95. The number of nitrogens with one attached hydrogen (secondary N) is 2. The van der Waals surface area contributed by atoms with Gasteiger partial charge in [-0.2, -0.15) is 0 Å². The number of halogens is 1. The van der Waals surface area contributed by atoms with Gasteiger partial charge in [0.05, 0.1) is 6.54 Å². The van der Waals surface area contributed by atoms with Crippen molar-refractivity contribution < 1.29 is 4.21 Å². The molecule has 0 radical (unpaired) electrons. The molecule has 0 aliphatic heterocycles. The molecule has 3 unspecified atom stereocenters. The normalized spacial score (nSPS) is 21.1. The molecule has 1 aliphatic rings. The molecule has 160 valence electrons. The van der Waals surface area contributed by atoms with Crippen molar-refractivity contribution in [2.24, 2.45) is 4.99 Å². The summed E-state index contributed by atoms with van der Waals surface area (Å²) < 4.78 is 12.2. The van der Waals surface area contributed by atoms with Gasteiger partial charge in [0.1, 0.15) is 0 Å². The Balaban J connectivity index is 0.00000392. The van der Waals surface area contributed by atoms with Crippen LogP contribution < -0.4 is 10.6 Å². The third kappa shape index (κ3) is 8.37. The fourth-order valence-electron chi connectivity index (χ4n) is 3.63. The number of nitrogens with zero attached hydrogens (tertiary/aromatic N) is 2. The van der Waals surface area contributed by atoms with Crippen LogP contribution in [-0.4, -0.2) is 52.8 Å². The lowest BCUT2D eigenvalue weighted by Crippen LogP contribution is -2.46. The maximum absolute atomic E-state index is 12.2. The van der Waals surface area contributed by atoms with E-state index < -0.39 is 10.8 Å². The molecule has 0 heterocycles. The molecule has 1 fully saturated rings. The summed E-state index contributed by atoms with van der Waals surface area (Å²) in [5.74, 6) is 1.62. The molecule has 0 aromatic heterocycles. The van der Waals surface area contributed by atoms with Gasteiger partial charge in [0.2, 0.25) is 0 Å². The Hall–Kier alpha value is -0.670. The van der Waals surface area contributed by atoms with Crippen molar-refractivity contribution in [3.63, 3.8) is 0 Å². The number of guanidine groups is 1. The zero-order valence-electron chi connectivity index (χ0n) is 17.7. The first-order valence-electron chi connectivity index (χ1n) is 10.2. The lowest BCUT2D eigenvalue weighted by Gasteiger charge is -2.30. The first-order valence-corrected chi connectivity index (χ1v) is 11.5. The summed E-state index contributed by atoms with van der Waals surface area (Å²) in [5.41, 5.74) is 2.58. The summed E-state index contributed by atoms with van der Waals surface area (Å²) in [7, 11) is 3.48. The van der Waals surface area contributed by atoms with E-state index in [-0.39, 0.29) is 24.0 Å². The van der Waals surface area contributed by atoms with Crippen LogP contribution >= 0.6 is 24.0 Å². The average Bonchev–Trinajstić information content (AvgIpc) is 2.66. The fraction of sp³-hybridized carbons (Fsp3) is 0.667. The molecule has 1 saturated carbocycles. The number of aliphatic imine (C=N–C) groups is 1. The first kappa shape index (κ1) is 25.4. The van der Waals surface area contributed by atoms with Crippen LogP contribution in [0.1, 0.15) is 50.7 Å². The zero-order chi connectivity index (χ0) is 19.6. The Kier molecular flexibility index (Phi) is 12.3. The second-order valence-corrected chi connectivity index (χ2v) is 9.51. The highest BCUT2D eigenvalue weighted by Crippen LogP contribution is 2.23. The molecule has 2 N–H and O–H groups in total. The molecular weight excluding hydrogens is 483 g/mol. The van der Waals surface area contributed by atoms with Gasteiger partial charge in [-0.1, -0.05) is 37.6 Å². The molecule has 1 aromatic rings. The van der Waals surface area contributed by atoms with Crippen molar-refractivity contribution in [2.75, 3.05) is 26.4 Å². The molecule has 0 amide bonds. The second-order valence-electron chi connectivity index (χ2n) is 7.50. The Labute approximate surface area is 190 Å². The summed E-state index contributed by atoms with van der Waals surface area (Å²) in [6.45, 7) is 6.53. The van der Waals surface area contributed by atoms with Crippen LogP contribution in [0.3, 0.4) is 0 Å². The minimum absolute atomic E-state index is 0. The summed E-state index contributed by atoms with van der Waals surface area (Å²) in [4.78, 5) is 7.02. The average molecular weight is 521 g/mol. The Morgan fingerprint density at radius 1 is 1.21 bits per heavy atom. The van der Waals surface area contributed by atoms with Crippen molar-refractivity contribution in [3.05, 3.63) is 35.4 Å². The quantitative estimate of drug-likeness (QED) is 0.313. The van der Waals surface area contributed by atoms with E-state index in [0.29, 0.717) is 17.8 Å². The van der Waals surface area contributed by atoms with Gasteiger partial charge >= 0.3 is 0 Å². The highest BCUT2D eigenvalue weighted by molar-refractivity contribution is 14.0. The molecule has 2 rings (SSSR count). The fourth-order valence-corrected chi connectivity index (χ4v) is 4.98. The van der Waals surface area contributed by atoms with Gasteiger partial charge in [-0.05, 0) is 51.4 Å². The van der Waals surface area contributed by atoms with Crippen LogP contribution in [-0.2, 0) is 23.9 Å². The summed E-state index contributed by atoms with van der Waals surface area (Å²) in [6, 6.07) is 8.86. The summed E-state index contributed by atoms with van der Waals surface area (Å²) >= 11 is 0. The van der Waals surface area contributed by atoms with Crippen molar-refractivity contribution in [1.29, 1.82) is 0 Å². The Morgan fingerprint density at radius 3 is 2.57 bits per heavy atom. The maximum atomic E-state index is 12.2. The minimum Gasteiger partial charge on any atom is -0.357 e. The SMILES string of the molecule is CCNC(=NCc1ccccc1CN(C)C)NC1CCCC(S(=O)CC)C1.I. The molecule has 0 saturated heterocycles. The molecule has 0 bridgehead atoms. The predicted octanol–water partition coefficient (Wildman–Crippen LogP) is 3.50. The third-order valence-corrected chi connectivity index (χ3v) is 6.72. The highest BCUT2D eigenvalue weighted by atomic mass is 127. The molecule has 7 heteroatoms. The highest BCUT2D eigenvalue weighted by Gasteiger charge is 2.26. The van der Waals surface area contributed by atoms with Gasteiger partial charge < -0.3 is 15.5 Å². The zero-order valence-corrected chi connectivity index (χ0v) is 20.9. The Morgan fingerprint density at radius 2 is 1.93 bits per heavy atom. The molecule has 1 aromatic carbocycles. The van der Waals surface area contributed by atoms with Crippen LogP contribution in [0.4, 0.5) is 0 Å². The van der Waals surface area contributed by atoms with Gasteiger partial charge in [-0.25, -0.2) is 4.99 Å². The number of benzene rings is 1. The van der Waals surface area contributed by atoms with Crippen LogP contribution in [0.15, 0.2) is 29.3 Å². The van der Waals surface area contributed by atoms with E-state index in [2.05, 4.69) is 60.8 Å². The van der Waals surface area contributed by atoms with Crippen molar-refractivity contribution in [1.82, 2.24) is 15.5 Å². The predicted molar refractivity (Wildman–Crippen MR) is 132 cm³/mol. The molecule has 1 aliphatic carbocycles. The van der Waals surface area contributed by atoms with E-state index in [1.54, 1.807) is 0 Å². The van der Waals surface area contributed by atoms with Gasteiger partial charge in [0.15, 0.2) is 5.96 Å². The van der Waals surface area contributed by atoms with Crippen molar-refractivity contribution in [3.8, 4) is 0 Å². The molecule has 0 spiro atoms. The number of rotatable bonds is 8. The van der Waals surface area contributed by atoms with Crippen molar-refractivity contribution >= 4 is 40.7 Å². The minimum atomic E-state index is -0.700. The monoisotopic (exact) mass is 520 g/mol. The van der Waals surface area contributed by atoms with Crippen LogP contribution in [0.25, 0.3) is 0 Å². The van der Waals surface area contributed by atoms with Gasteiger partial charge in [0.25, 0.3) is 0 Å². The molecule has 5 nitrogen and oxygen atoms in total. The summed E-state index contributed by atoms with van der Waals surface area (Å²) in [6.07, 6.45) is 4.32. The molecule has 3 atom stereocenters. The van der Waals surface area contributed by atoms with Crippen molar-refractivity contribution in [2.45, 2.75) is 63.9 Å². The Bertz CT molecular complexity index is 639. The maximum Gasteiger partial charge on any atom is 0.191 e. The van der Waals surface area contributed by atoms with Crippen LogP contribution in [0.5, 0.6) is 0 Å². The van der Waals surface area contributed by atoms with Crippen LogP contribution in [0, 0.1) is 0 Å². The van der Waals surface area contributed by atoms with E-state index >= 15 is 0 Å². The van der Waals surface area contributed by atoms with E-state index in [4.69, 9.17) is 4.99 Å². The summed E-state index contributed by atoms with van der Waals surface area (Å²) in [5, 5.41) is 7.29. The molecule has 28 heavy (non-hydrogen) atoms. The largest absolute Gasteiger partial charge is 0.357 e. The standard InChI is InChI=1S/C21H36N4OS.HI/c1-5-22-21(24-19-12-9-13-20(14-19)27(26)6-2)23-15-17-10-7-8-11-18(17)16-25(3)4;/h7-8,10-11,19-20H,5-6,9,12-16H2,1-4H3,(H2,22,23,24);1H. The first-order chi connectivity index (χ1) is 13.0. The van der Waals surface area contributed by atoms with E-state index in [9.17, 15) is 4.21 Å². The van der Waals surface area contributed by atoms with Crippen LogP contribution in [0.2, 0.25) is 0 Å². The van der Waals surface area contributed by atoms with Gasteiger partial charge in [-0.3, -0.25) is 4.21 Å². The second kappa shape index (κ2) is 13.5. The lowest BCUT2D eigenvalue weighted by molar-refractivity contribution is 0.401. The third-order valence-electron chi connectivity index (χ3n) is 4.98. The molecular formula is C21H37IN4OS. The smallest absolute Gasteiger partial charge is 0.191 e.